The van der Waals surface area contributed by atoms with E-state index in [1.807, 2.05) is 54.7 Å². The van der Waals surface area contributed by atoms with Crippen molar-refractivity contribution in [2.24, 2.45) is 0 Å². The molecule has 1 heterocycles. The molecule has 5 nitrogen and oxygen atoms in total. The van der Waals surface area contributed by atoms with Crippen LogP contribution in [0.25, 0.3) is 0 Å². The minimum Gasteiger partial charge on any atom is -0.497 e. The topological polar surface area (TPSA) is 52.6 Å². The fourth-order valence-corrected chi connectivity index (χ4v) is 2.79. The molecule has 0 saturated heterocycles. The quantitative estimate of drug-likeness (QED) is 0.577. The third-order valence-electron chi connectivity index (χ3n) is 4.21. The van der Waals surface area contributed by atoms with Crippen molar-refractivity contribution in [2.45, 2.75) is 19.7 Å². The highest BCUT2D eigenvalue weighted by Gasteiger charge is 2.07. The second-order valence-corrected chi connectivity index (χ2v) is 6.04. The van der Waals surface area contributed by atoms with Gasteiger partial charge in [-0.3, -0.25) is 4.98 Å². The number of nitrogens with zero attached hydrogens (tertiary/aromatic N) is 1. The van der Waals surface area contributed by atoms with E-state index in [1.54, 1.807) is 20.4 Å². The normalized spacial score (nSPS) is 10.1. The third kappa shape index (κ3) is 5.87. The van der Waals surface area contributed by atoms with Gasteiger partial charge in [0, 0.05) is 42.2 Å². The molecule has 28 heavy (non-hydrogen) atoms. The highest BCUT2D eigenvalue weighted by molar-refractivity contribution is 5.85. The Morgan fingerprint density at radius 2 is 1.68 bits per heavy atom. The average Bonchev–Trinajstić information content (AvgIpc) is 2.73. The second kappa shape index (κ2) is 11.2. The Morgan fingerprint density at radius 1 is 0.857 bits per heavy atom. The standard InChI is InChI=1S/C22H24N2O3.ClH/c1-25-20-9-10-21(26-2)19(12-20)15-24-14-18-7-3-4-8-22(18)27-16-17-6-5-11-23-13-17;/h3-13,24H,14-16H2,1-2H3;1H. The minimum absolute atomic E-state index is 0. The number of halogens is 1. The molecular weight excluding hydrogens is 376 g/mol. The van der Waals surface area contributed by atoms with E-state index < -0.39 is 0 Å². The van der Waals surface area contributed by atoms with E-state index in [9.17, 15) is 0 Å². The molecule has 6 heteroatoms. The van der Waals surface area contributed by atoms with Gasteiger partial charge in [0.25, 0.3) is 0 Å². The molecule has 1 N–H and O–H groups in total. The SMILES string of the molecule is COc1ccc(OC)c(CNCc2ccccc2OCc2cccnc2)c1.Cl. The van der Waals surface area contributed by atoms with E-state index in [0.717, 1.165) is 33.9 Å². The van der Waals surface area contributed by atoms with Crippen LogP contribution in [-0.4, -0.2) is 19.2 Å². The summed E-state index contributed by atoms with van der Waals surface area (Å²) in [7, 11) is 3.34. The molecule has 0 unspecified atom stereocenters. The Labute approximate surface area is 172 Å². The van der Waals surface area contributed by atoms with Crippen molar-refractivity contribution in [1.82, 2.24) is 10.3 Å². The number of benzene rings is 2. The highest BCUT2D eigenvalue weighted by atomic mass is 35.5. The van der Waals surface area contributed by atoms with Crippen LogP contribution in [0, 0.1) is 0 Å². The van der Waals surface area contributed by atoms with Gasteiger partial charge in [-0.25, -0.2) is 0 Å². The van der Waals surface area contributed by atoms with Crippen molar-refractivity contribution >= 4 is 12.4 Å². The summed E-state index contributed by atoms with van der Waals surface area (Å²) in [5.74, 6) is 2.52. The molecule has 0 spiro atoms. The van der Waals surface area contributed by atoms with Gasteiger partial charge in [0.1, 0.15) is 23.9 Å². The maximum Gasteiger partial charge on any atom is 0.124 e. The molecule has 0 aliphatic rings. The van der Waals surface area contributed by atoms with Crippen LogP contribution in [0.15, 0.2) is 67.0 Å². The zero-order valence-electron chi connectivity index (χ0n) is 16.1. The molecule has 0 amide bonds. The first-order valence-electron chi connectivity index (χ1n) is 8.81. The maximum absolute atomic E-state index is 5.98. The molecule has 3 rings (SSSR count). The lowest BCUT2D eigenvalue weighted by Crippen LogP contribution is -2.14. The fraction of sp³-hybridized carbons (Fsp3) is 0.227. The summed E-state index contributed by atoms with van der Waals surface area (Å²) in [6.07, 6.45) is 3.57. The van der Waals surface area contributed by atoms with Gasteiger partial charge in [0.05, 0.1) is 14.2 Å². The Bertz CT molecular complexity index is 859. The van der Waals surface area contributed by atoms with Crippen LogP contribution >= 0.6 is 12.4 Å². The first kappa shape index (κ1) is 21.5. The average molecular weight is 401 g/mol. The maximum atomic E-state index is 5.98. The lowest BCUT2D eigenvalue weighted by Gasteiger charge is -2.14. The van der Waals surface area contributed by atoms with Crippen LogP contribution in [-0.2, 0) is 19.7 Å². The molecule has 0 radical (unpaired) electrons. The summed E-state index contributed by atoms with van der Waals surface area (Å²) in [5.41, 5.74) is 3.19. The summed E-state index contributed by atoms with van der Waals surface area (Å²) in [6, 6.07) is 17.7. The number of para-hydroxylation sites is 1. The van der Waals surface area contributed by atoms with Gasteiger partial charge in [-0.05, 0) is 30.3 Å². The van der Waals surface area contributed by atoms with Crippen LogP contribution in [0.3, 0.4) is 0 Å². The molecule has 2 aromatic carbocycles. The van der Waals surface area contributed by atoms with Crippen molar-refractivity contribution < 1.29 is 14.2 Å². The predicted octanol–water partition coefficient (Wildman–Crippen LogP) is 4.39. The van der Waals surface area contributed by atoms with Gasteiger partial charge in [-0.2, -0.15) is 0 Å². The summed E-state index contributed by atoms with van der Waals surface area (Å²) in [5, 5.41) is 3.45. The third-order valence-corrected chi connectivity index (χ3v) is 4.21. The van der Waals surface area contributed by atoms with Gasteiger partial charge in [-0.1, -0.05) is 24.3 Å². The predicted molar refractivity (Wildman–Crippen MR) is 112 cm³/mol. The van der Waals surface area contributed by atoms with Crippen LogP contribution in [0.1, 0.15) is 16.7 Å². The van der Waals surface area contributed by atoms with E-state index in [0.29, 0.717) is 19.7 Å². The number of ether oxygens (including phenoxy) is 3. The van der Waals surface area contributed by atoms with E-state index in [1.165, 1.54) is 0 Å². The van der Waals surface area contributed by atoms with Gasteiger partial charge in [0.15, 0.2) is 0 Å². The first-order valence-corrected chi connectivity index (χ1v) is 8.81. The van der Waals surface area contributed by atoms with Crippen LogP contribution in [0.4, 0.5) is 0 Å². The lowest BCUT2D eigenvalue weighted by molar-refractivity contribution is 0.301. The number of pyridine rings is 1. The monoisotopic (exact) mass is 400 g/mol. The number of nitrogens with one attached hydrogen (secondary N) is 1. The molecule has 0 atom stereocenters. The van der Waals surface area contributed by atoms with Gasteiger partial charge < -0.3 is 19.5 Å². The van der Waals surface area contributed by atoms with Crippen molar-refractivity contribution in [1.29, 1.82) is 0 Å². The Morgan fingerprint density at radius 3 is 2.43 bits per heavy atom. The number of hydrogen-bond acceptors (Lipinski definition) is 5. The highest BCUT2D eigenvalue weighted by Crippen LogP contribution is 2.24. The van der Waals surface area contributed by atoms with Crippen molar-refractivity contribution in [2.75, 3.05) is 14.2 Å². The van der Waals surface area contributed by atoms with Gasteiger partial charge >= 0.3 is 0 Å². The zero-order valence-corrected chi connectivity index (χ0v) is 16.9. The van der Waals surface area contributed by atoms with Crippen molar-refractivity contribution in [3.8, 4) is 17.2 Å². The van der Waals surface area contributed by atoms with E-state index in [2.05, 4.69) is 16.4 Å². The Balaban J connectivity index is 0.00000280. The van der Waals surface area contributed by atoms with E-state index in [-0.39, 0.29) is 12.4 Å². The van der Waals surface area contributed by atoms with E-state index in [4.69, 9.17) is 14.2 Å². The molecule has 1 aromatic heterocycles. The minimum atomic E-state index is 0. The molecule has 0 fully saturated rings. The van der Waals surface area contributed by atoms with Crippen molar-refractivity contribution in [3.63, 3.8) is 0 Å². The molecule has 0 saturated carbocycles. The molecular formula is C22H25ClN2O3. The van der Waals surface area contributed by atoms with Gasteiger partial charge in [0.2, 0.25) is 0 Å². The van der Waals surface area contributed by atoms with Crippen LogP contribution in [0.2, 0.25) is 0 Å². The Hall–Kier alpha value is -2.76. The summed E-state index contributed by atoms with van der Waals surface area (Å²) in [4.78, 5) is 4.12. The summed E-state index contributed by atoms with van der Waals surface area (Å²) >= 11 is 0. The summed E-state index contributed by atoms with van der Waals surface area (Å²) in [6.45, 7) is 1.84. The number of hydrogen-bond donors (Lipinski definition) is 1. The largest absolute Gasteiger partial charge is 0.497 e. The number of methoxy groups -OCH3 is 2. The Kier molecular flexibility index (Phi) is 8.59. The molecule has 0 bridgehead atoms. The molecule has 0 aliphatic carbocycles. The lowest BCUT2D eigenvalue weighted by atomic mass is 10.1. The van der Waals surface area contributed by atoms with Crippen molar-refractivity contribution in [3.05, 3.63) is 83.7 Å². The second-order valence-electron chi connectivity index (χ2n) is 6.04. The molecule has 3 aromatic rings. The number of aromatic nitrogens is 1. The van der Waals surface area contributed by atoms with Gasteiger partial charge in [-0.15, -0.1) is 12.4 Å². The first-order chi connectivity index (χ1) is 13.3. The number of rotatable bonds is 9. The van der Waals surface area contributed by atoms with Crippen LogP contribution in [0.5, 0.6) is 17.2 Å². The fourth-order valence-electron chi connectivity index (χ4n) is 2.79. The summed E-state index contributed by atoms with van der Waals surface area (Å²) < 4.78 is 16.7. The van der Waals surface area contributed by atoms with E-state index >= 15 is 0 Å². The van der Waals surface area contributed by atoms with Crippen LogP contribution < -0.4 is 19.5 Å². The zero-order chi connectivity index (χ0) is 18.9. The molecule has 0 aliphatic heterocycles. The smallest absolute Gasteiger partial charge is 0.124 e. The molecule has 148 valence electrons.